The fourth-order valence-corrected chi connectivity index (χ4v) is 3.85. The highest BCUT2D eigenvalue weighted by Gasteiger charge is 2.32. The number of hydrogen-bond acceptors (Lipinski definition) is 4. The summed E-state index contributed by atoms with van der Waals surface area (Å²) in [5, 5.41) is 3.93. The highest BCUT2D eigenvalue weighted by atomic mass is 35.5. The Morgan fingerprint density at radius 1 is 1.57 bits per heavy atom. The molecule has 1 fully saturated rings. The van der Waals surface area contributed by atoms with Crippen molar-refractivity contribution in [3.8, 4) is 0 Å². The van der Waals surface area contributed by atoms with Gasteiger partial charge in [0.15, 0.2) is 5.76 Å². The van der Waals surface area contributed by atoms with Gasteiger partial charge in [-0.15, -0.1) is 11.3 Å². The Bertz CT molecular complexity index is 637. The highest BCUT2D eigenvalue weighted by Crippen LogP contribution is 2.33. The van der Waals surface area contributed by atoms with E-state index in [0.29, 0.717) is 6.42 Å². The van der Waals surface area contributed by atoms with Crippen molar-refractivity contribution >= 4 is 28.8 Å². The van der Waals surface area contributed by atoms with Crippen molar-refractivity contribution in [3.05, 3.63) is 38.9 Å². The summed E-state index contributed by atoms with van der Waals surface area (Å²) in [5.74, 6) is 0.980. The molecular weight excluding hydrogens is 308 g/mol. The first-order valence-corrected chi connectivity index (χ1v) is 8.30. The van der Waals surface area contributed by atoms with E-state index >= 15 is 0 Å². The zero-order chi connectivity index (χ0) is 14.8. The Labute approximate surface area is 132 Å². The van der Waals surface area contributed by atoms with E-state index in [1.807, 2.05) is 30.0 Å². The second kappa shape index (κ2) is 6.20. The molecule has 0 aromatic carbocycles. The van der Waals surface area contributed by atoms with Crippen LogP contribution in [0.5, 0.6) is 0 Å². The molecule has 1 aliphatic heterocycles. The minimum absolute atomic E-state index is 0.0469. The minimum Gasteiger partial charge on any atom is -0.359 e. The predicted molar refractivity (Wildman–Crippen MR) is 82.6 cm³/mol. The number of carbonyl (C=O) groups is 1. The lowest BCUT2D eigenvalue weighted by Crippen LogP contribution is -2.30. The fraction of sp³-hybridized carbons (Fsp3) is 0.467. The highest BCUT2D eigenvalue weighted by molar-refractivity contribution is 7.16. The van der Waals surface area contributed by atoms with Gasteiger partial charge in [-0.2, -0.15) is 0 Å². The van der Waals surface area contributed by atoms with Crippen LogP contribution in [0.15, 0.2) is 22.7 Å². The Balaban J connectivity index is 1.63. The molecule has 2 aromatic rings. The van der Waals surface area contributed by atoms with Gasteiger partial charge in [0.05, 0.1) is 16.1 Å². The van der Waals surface area contributed by atoms with Gasteiger partial charge in [0.25, 0.3) is 0 Å². The van der Waals surface area contributed by atoms with Crippen molar-refractivity contribution in [2.45, 2.75) is 38.6 Å². The van der Waals surface area contributed by atoms with Crippen LogP contribution < -0.4 is 0 Å². The van der Waals surface area contributed by atoms with Crippen LogP contribution in [0.25, 0.3) is 0 Å². The molecule has 1 unspecified atom stereocenters. The number of hydrogen-bond donors (Lipinski definition) is 0. The van der Waals surface area contributed by atoms with E-state index in [2.05, 4.69) is 5.16 Å². The van der Waals surface area contributed by atoms with E-state index in [-0.39, 0.29) is 11.9 Å². The van der Waals surface area contributed by atoms with Gasteiger partial charge in [-0.25, -0.2) is 0 Å². The topological polar surface area (TPSA) is 46.3 Å². The number of thiophene rings is 1. The molecule has 0 aliphatic carbocycles. The average molecular weight is 325 g/mol. The van der Waals surface area contributed by atoms with Crippen LogP contribution >= 0.6 is 22.9 Å². The van der Waals surface area contributed by atoms with E-state index in [0.717, 1.165) is 46.5 Å². The largest absolute Gasteiger partial charge is 0.359 e. The summed E-state index contributed by atoms with van der Waals surface area (Å²) in [4.78, 5) is 15.5. The molecule has 21 heavy (non-hydrogen) atoms. The van der Waals surface area contributed by atoms with Crippen LogP contribution in [-0.2, 0) is 11.2 Å². The third kappa shape index (κ3) is 3.30. The van der Waals surface area contributed by atoms with Gasteiger partial charge >= 0.3 is 0 Å². The molecule has 0 N–H and O–H groups in total. The lowest BCUT2D eigenvalue weighted by atomic mass is 10.1. The Morgan fingerprint density at radius 3 is 3.10 bits per heavy atom. The third-order valence-electron chi connectivity index (χ3n) is 3.76. The van der Waals surface area contributed by atoms with Crippen LogP contribution in [0.4, 0.5) is 0 Å². The zero-order valence-corrected chi connectivity index (χ0v) is 13.4. The van der Waals surface area contributed by atoms with Crippen LogP contribution in [0.1, 0.15) is 41.6 Å². The minimum atomic E-state index is 0.0469. The molecule has 6 heteroatoms. The first-order valence-electron chi connectivity index (χ1n) is 7.10. The second-order valence-electron chi connectivity index (χ2n) is 5.32. The SMILES string of the molecule is Cc1cc(C2CCCN2C(=O)CCc2ccc(Cl)s2)on1. The maximum atomic E-state index is 12.5. The van der Waals surface area contributed by atoms with Crippen LogP contribution in [0.3, 0.4) is 0 Å². The van der Waals surface area contributed by atoms with Gasteiger partial charge in [-0.1, -0.05) is 16.8 Å². The lowest BCUT2D eigenvalue weighted by Gasteiger charge is -2.22. The molecule has 0 saturated carbocycles. The number of halogens is 1. The number of rotatable bonds is 4. The molecule has 0 bridgehead atoms. The monoisotopic (exact) mass is 324 g/mol. The van der Waals surface area contributed by atoms with Crippen LogP contribution in [0, 0.1) is 6.92 Å². The molecule has 2 aromatic heterocycles. The smallest absolute Gasteiger partial charge is 0.223 e. The van der Waals surface area contributed by atoms with Crippen LogP contribution in [-0.4, -0.2) is 22.5 Å². The van der Waals surface area contributed by atoms with Crippen molar-refractivity contribution in [1.82, 2.24) is 10.1 Å². The Hall–Kier alpha value is -1.33. The fourth-order valence-electron chi connectivity index (χ4n) is 2.76. The zero-order valence-electron chi connectivity index (χ0n) is 11.8. The quantitative estimate of drug-likeness (QED) is 0.854. The van der Waals surface area contributed by atoms with Crippen molar-refractivity contribution in [1.29, 1.82) is 0 Å². The van der Waals surface area contributed by atoms with Gasteiger partial charge < -0.3 is 9.42 Å². The van der Waals surface area contributed by atoms with E-state index in [9.17, 15) is 4.79 Å². The molecule has 4 nitrogen and oxygen atoms in total. The van der Waals surface area contributed by atoms with Gasteiger partial charge in [0, 0.05) is 23.9 Å². The summed E-state index contributed by atoms with van der Waals surface area (Å²) in [6.45, 7) is 2.70. The molecule has 3 heterocycles. The first kappa shape index (κ1) is 14.6. The summed E-state index contributed by atoms with van der Waals surface area (Å²) in [6.07, 6.45) is 3.22. The van der Waals surface area contributed by atoms with Crippen molar-refractivity contribution < 1.29 is 9.32 Å². The average Bonchev–Trinajstić information content (AvgIpc) is 3.16. The van der Waals surface area contributed by atoms with Crippen molar-refractivity contribution in [2.24, 2.45) is 0 Å². The second-order valence-corrected chi connectivity index (χ2v) is 7.12. The number of amides is 1. The van der Waals surface area contributed by atoms with E-state index < -0.39 is 0 Å². The van der Waals surface area contributed by atoms with Crippen molar-refractivity contribution in [2.75, 3.05) is 6.54 Å². The number of aryl methyl sites for hydroxylation is 2. The number of carbonyl (C=O) groups excluding carboxylic acids is 1. The number of nitrogens with zero attached hydrogens (tertiary/aromatic N) is 2. The number of aromatic nitrogens is 1. The van der Waals surface area contributed by atoms with Gasteiger partial charge in [0.1, 0.15) is 0 Å². The van der Waals surface area contributed by atoms with E-state index in [1.165, 1.54) is 11.3 Å². The summed E-state index contributed by atoms with van der Waals surface area (Å²) in [7, 11) is 0. The number of likely N-dealkylation sites (tertiary alicyclic amines) is 1. The van der Waals surface area contributed by atoms with Gasteiger partial charge in [-0.05, 0) is 38.3 Å². The van der Waals surface area contributed by atoms with Crippen LogP contribution in [0.2, 0.25) is 4.34 Å². The van der Waals surface area contributed by atoms with Crippen molar-refractivity contribution in [3.63, 3.8) is 0 Å². The molecule has 1 saturated heterocycles. The summed E-state index contributed by atoms with van der Waals surface area (Å²) >= 11 is 7.45. The summed E-state index contributed by atoms with van der Waals surface area (Å²) in [6, 6.07) is 5.84. The standard InChI is InChI=1S/C15H17ClN2O2S/c1-10-9-13(20-17-10)12-3-2-8-18(12)15(19)7-5-11-4-6-14(16)21-11/h4,6,9,12H,2-3,5,7-8H2,1H3. The maximum absolute atomic E-state index is 12.5. The summed E-state index contributed by atoms with van der Waals surface area (Å²) in [5.41, 5.74) is 0.859. The van der Waals surface area contributed by atoms with E-state index in [1.54, 1.807) is 0 Å². The Kier molecular flexibility index (Phi) is 4.31. The lowest BCUT2D eigenvalue weighted by molar-refractivity contribution is -0.132. The molecule has 1 aliphatic rings. The first-order chi connectivity index (χ1) is 10.1. The molecule has 3 rings (SSSR count). The predicted octanol–water partition coefficient (Wildman–Crippen LogP) is 3.99. The van der Waals surface area contributed by atoms with Gasteiger partial charge in [0.2, 0.25) is 5.91 Å². The molecular formula is C15H17ClN2O2S. The maximum Gasteiger partial charge on any atom is 0.223 e. The molecule has 1 amide bonds. The molecule has 112 valence electrons. The summed E-state index contributed by atoms with van der Waals surface area (Å²) < 4.78 is 6.11. The molecule has 0 spiro atoms. The van der Waals surface area contributed by atoms with E-state index in [4.69, 9.17) is 16.1 Å². The third-order valence-corrected chi connectivity index (χ3v) is 5.05. The van der Waals surface area contributed by atoms with Gasteiger partial charge in [-0.3, -0.25) is 4.79 Å². The molecule has 0 radical (unpaired) electrons. The normalized spacial score (nSPS) is 18.4. The molecule has 1 atom stereocenters. The Morgan fingerprint density at radius 2 is 2.43 bits per heavy atom.